The lowest BCUT2D eigenvalue weighted by Crippen LogP contribution is -2.43. The lowest BCUT2D eigenvalue weighted by atomic mass is 9.92. The highest BCUT2D eigenvalue weighted by molar-refractivity contribution is 5.74. The van der Waals surface area contributed by atoms with Crippen LogP contribution in [0.25, 0.3) is 22.4 Å². The standard InChI is InChI=1S/C25H28N6O/c32-24-13-17(18-12-23(16-4-5-16)28-26-14-18)6-7-21(24)22-8-9-25(30-29-22)31-11-10-20(15-31)27-19-2-1-3-19/h6-9,12-14,16,19-20,27,32H,1-5,10-11,15H2/t20-/m0/s1. The van der Waals surface area contributed by atoms with E-state index in [1.54, 1.807) is 12.3 Å². The minimum Gasteiger partial charge on any atom is -0.507 e. The van der Waals surface area contributed by atoms with Gasteiger partial charge >= 0.3 is 0 Å². The average Bonchev–Trinajstić information content (AvgIpc) is 3.55. The third-order valence-corrected chi connectivity index (χ3v) is 7.02. The highest BCUT2D eigenvalue weighted by Gasteiger charge is 2.28. The second-order valence-corrected chi connectivity index (χ2v) is 9.38. The molecule has 164 valence electrons. The molecule has 0 amide bonds. The van der Waals surface area contributed by atoms with Gasteiger partial charge in [-0.05, 0) is 68.0 Å². The Morgan fingerprint density at radius 1 is 0.875 bits per heavy atom. The normalized spacial score (nSPS) is 21.0. The van der Waals surface area contributed by atoms with Crippen LogP contribution in [0, 0.1) is 0 Å². The lowest BCUT2D eigenvalue weighted by molar-refractivity contribution is 0.311. The number of benzene rings is 1. The molecule has 2 aromatic heterocycles. The van der Waals surface area contributed by atoms with Crippen molar-refractivity contribution in [3.63, 3.8) is 0 Å². The van der Waals surface area contributed by atoms with E-state index in [1.807, 2.05) is 24.3 Å². The van der Waals surface area contributed by atoms with E-state index in [4.69, 9.17) is 0 Å². The number of aromatic nitrogens is 4. The Balaban J connectivity index is 1.16. The number of rotatable bonds is 6. The van der Waals surface area contributed by atoms with Crippen LogP contribution in [0.1, 0.15) is 50.1 Å². The fourth-order valence-corrected chi connectivity index (χ4v) is 4.70. The molecule has 3 aliphatic rings. The second-order valence-electron chi connectivity index (χ2n) is 9.38. The fraction of sp³-hybridized carbons (Fsp3) is 0.440. The number of nitrogens with one attached hydrogen (secondary N) is 1. The number of phenolic OH excluding ortho intramolecular Hbond substituents is 1. The quantitative estimate of drug-likeness (QED) is 0.616. The number of hydrogen-bond donors (Lipinski definition) is 2. The van der Waals surface area contributed by atoms with E-state index >= 15 is 0 Å². The summed E-state index contributed by atoms with van der Waals surface area (Å²) < 4.78 is 0. The smallest absolute Gasteiger partial charge is 0.151 e. The minimum absolute atomic E-state index is 0.195. The summed E-state index contributed by atoms with van der Waals surface area (Å²) in [6, 6.07) is 13.0. The molecule has 2 N–H and O–H groups in total. The van der Waals surface area contributed by atoms with Crippen molar-refractivity contribution in [2.24, 2.45) is 0 Å². The van der Waals surface area contributed by atoms with Crippen LogP contribution >= 0.6 is 0 Å². The summed E-state index contributed by atoms with van der Waals surface area (Å²) in [6.45, 7) is 1.98. The third kappa shape index (κ3) is 3.93. The monoisotopic (exact) mass is 428 g/mol. The van der Waals surface area contributed by atoms with Gasteiger partial charge in [0.25, 0.3) is 0 Å². The van der Waals surface area contributed by atoms with Crippen molar-refractivity contribution >= 4 is 5.82 Å². The molecular weight excluding hydrogens is 400 g/mol. The molecule has 32 heavy (non-hydrogen) atoms. The van der Waals surface area contributed by atoms with E-state index in [9.17, 15) is 5.11 Å². The number of aromatic hydroxyl groups is 1. The molecule has 0 radical (unpaired) electrons. The molecule has 7 nitrogen and oxygen atoms in total. The molecule has 2 saturated carbocycles. The number of phenols is 1. The van der Waals surface area contributed by atoms with Crippen molar-refractivity contribution in [2.45, 2.75) is 56.5 Å². The average molecular weight is 429 g/mol. The van der Waals surface area contributed by atoms with Gasteiger partial charge in [0.1, 0.15) is 5.75 Å². The number of anilines is 1. The Morgan fingerprint density at radius 2 is 1.78 bits per heavy atom. The van der Waals surface area contributed by atoms with Crippen LogP contribution in [0.5, 0.6) is 5.75 Å². The summed E-state index contributed by atoms with van der Waals surface area (Å²) in [6.07, 6.45) is 9.25. The first-order valence-electron chi connectivity index (χ1n) is 11.7. The van der Waals surface area contributed by atoms with Crippen LogP contribution in [0.4, 0.5) is 5.82 Å². The summed E-state index contributed by atoms with van der Waals surface area (Å²) in [5.41, 5.74) is 4.30. The SMILES string of the molecule is Oc1cc(-c2cnnc(C3CC3)c2)ccc1-c1ccc(N2CC[C@H](NC3CCC3)C2)nn1. The van der Waals surface area contributed by atoms with E-state index in [0.717, 1.165) is 42.1 Å². The molecule has 6 rings (SSSR count). The van der Waals surface area contributed by atoms with Crippen molar-refractivity contribution in [1.29, 1.82) is 0 Å². The first kappa shape index (κ1) is 19.6. The molecule has 1 aromatic carbocycles. The molecule has 1 atom stereocenters. The van der Waals surface area contributed by atoms with Crippen LogP contribution in [-0.2, 0) is 0 Å². The molecule has 0 spiro atoms. The molecule has 0 bridgehead atoms. The first-order valence-corrected chi connectivity index (χ1v) is 11.7. The van der Waals surface area contributed by atoms with E-state index in [1.165, 1.54) is 32.1 Å². The summed E-state index contributed by atoms with van der Waals surface area (Å²) in [5.74, 6) is 1.64. The molecule has 0 unspecified atom stereocenters. The zero-order valence-corrected chi connectivity index (χ0v) is 18.1. The zero-order chi connectivity index (χ0) is 21.5. The van der Waals surface area contributed by atoms with Crippen molar-refractivity contribution < 1.29 is 5.11 Å². The van der Waals surface area contributed by atoms with Crippen molar-refractivity contribution in [2.75, 3.05) is 18.0 Å². The Bertz CT molecular complexity index is 1110. The van der Waals surface area contributed by atoms with Crippen molar-refractivity contribution in [3.05, 3.63) is 48.3 Å². The topological polar surface area (TPSA) is 87.1 Å². The summed E-state index contributed by atoms with van der Waals surface area (Å²) in [5, 5.41) is 31.7. The minimum atomic E-state index is 0.195. The van der Waals surface area contributed by atoms with Gasteiger partial charge in [0.15, 0.2) is 5.82 Å². The summed E-state index contributed by atoms with van der Waals surface area (Å²) >= 11 is 0. The van der Waals surface area contributed by atoms with Gasteiger partial charge in [0, 0.05) is 42.2 Å². The number of nitrogens with zero attached hydrogens (tertiary/aromatic N) is 5. The molecule has 2 aliphatic carbocycles. The van der Waals surface area contributed by atoms with Gasteiger partial charge in [-0.2, -0.15) is 10.2 Å². The molecule has 1 aliphatic heterocycles. The van der Waals surface area contributed by atoms with Crippen molar-refractivity contribution in [1.82, 2.24) is 25.7 Å². The van der Waals surface area contributed by atoms with Gasteiger partial charge in [0.05, 0.1) is 17.6 Å². The molecule has 3 heterocycles. The van der Waals surface area contributed by atoms with Crippen LogP contribution < -0.4 is 10.2 Å². The van der Waals surface area contributed by atoms with Crippen LogP contribution in [0.3, 0.4) is 0 Å². The van der Waals surface area contributed by atoms with Gasteiger partial charge in [-0.25, -0.2) is 0 Å². The maximum Gasteiger partial charge on any atom is 0.151 e. The summed E-state index contributed by atoms with van der Waals surface area (Å²) in [7, 11) is 0. The molecule has 3 fully saturated rings. The summed E-state index contributed by atoms with van der Waals surface area (Å²) in [4.78, 5) is 2.30. The van der Waals surface area contributed by atoms with E-state index in [-0.39, 0.29) is 5.75 Å². The highest BCUT2D eigenvalue weighted by Crippen LogP contribution is 2.40. The molecule has 7 heteroatoms. The Hall–Kier alpha value is -3.06. The fourth-order valence-electron chi connectivity index (χ4n) is 4.70. The predicted octanol–water partition coefficient (Wildman–Crippen LogP) is 3.90. The lowest BCUT2D eigenvalue weighted by Gasteiger charge is -2.29. The van der Waals surface area contributed by atoms with Crippen LogP contribution in [0.15, 0.2) is 42.6 Å². The Kier molecular flexibility index (Phi) is 4.98. The van der Waals surface area contributed by atoms with Gasteiger partial charge in [-0.15, -0.1) is 10.2 Å². The van der Waals surface area contributed by atoms with Gasteiger partial charge in [0.2, 0.25) is 0 Å². The maximum atomic E-state index is 10.7. The predicted molar refractivity (Wildman–Crippen MR) is 124 cm³/mol. The molecular formula is C25H28N6O. The van der Waals surface area contributed by atoms with E-state index in [2.05, 4.69) is 36.7 Å². The Morgan fingerprint density at radius 3 is 2.50 bits per heavy atom. The largest absolute Gasteiger partial charge is 0.507 e. The third-order valence-electron chi connectivity index (χ3n) is 7.02. The van der Waals surface area contributed by atoms with Crippen molar-refractivity contribution in [3.8, 4) is 28.1 Å². The number of hydrogen-bond acceptors (Lipinski definition) is 7. The second kappa shape index (κ2) is 8.13. The molecule has 3 aromatic rings. The van der Waals surface area contributed by atoms with Gasteiger partial charge in [-0.3, -0.25) is 0 Å². The van der Waals surface area contributed by atoms with Gasteiger partial charge in [-0.1, -0.05) is 12.5 Å². The zero-order valence-electron chi connectivity index (χ0n) is 18.1. The highest BCUT2D eigenvalue weighted by atomic mass is 16.3. The van der Waals surface area contributed by atoms with E-state index in [0.29, 0.717) is 29.3 Å². The van der Waals surface area contributed by atoms with Crippen LogP contribution in [0.2, 0.25) is 0 Å². The van der Waals surface area contributed by atoms with E-state index < -0.39 is 0 Å². The van der Waals surface area contributed by atoms with Crippen LogP contribution in [-0.4, -0.2) is 50.7 Å². The Labute approximate surface area is 187 Å². The first-order chi connectivity index (χ1) is 15.7. The maximum absolute atomic E-state index is 10.7. The van der Waals surface area contributed by atoms with Gasteiger partial charge < -0.3 is 15.3 Å². The molecule has 1 saturated heterocycles.